The lowest BCUT2D eigenvalue weighted by atomic mass is 9.94. The molecule has 1 N–H and O–H groups in total. The van der Waals surface area contributed by atoms with Gasteiger partial charge < -0.3 is 5.32 Å². The minimum atomic E-state index is -0.0878. The van der Waals surface area contributed by atoms with Crippen LogP contribution in [0.3, 0.4) is 0 Å². The fourth-order valence-electron chi connectivity index (χ4n) is 3.59. The summed E-state index contributed by atoms with van der Waals surface area (Å²) in [6, 6.07) is 14.0. The van der Waals surface area contributed by atoms with E-state index in [2.05, 4.69) is 55.2 Å². The Bertz CT molecular complexity index is 764. The van der Waals surface area contributed by atoms with Crippen LogP contribution >= 0.6 is 44.3 Å². The third kappa shape index (κ3) is 6.05. The molecule has 0 atom stereocenters. The van der Waals surface area contributed by atoms with Crippen molar-refractivity contribution in [1.29, 1.82) is 0 Å². The van der Waals surface area contributed by atoms with E-state index in [0.29, 0.717) is 11.6 Å². The molecule has 0 heterocycles. The summed E-state index contributed by atoms with van der Waals surface area (Å²) >= 11 is 7.20. The average molecular weight is 517 g/mol. The first-order valence-electron chi connectivity index (χ1n) is 9.09. The third-order valence-corrected chi connectivity index (χ3v) is 6.11. The number of nitrogens with zero attached hydrogens (tertiary/aromatic N) is 1. The first-order valence-corrected chi connectivity index (χ1v) is 10.7. The van der Waals surface area contributed by atoms with Gasteiger partial charge in [0.05, 0.1) is 5.69 Å². The van der Waals surface area contributed by atoms with Crippen molar-refractivity contribution in [2.75, 3.05) is 12.4 Å². The number of rotatable bonds is 5. The molecule has 3 nitrogen and oxygen atoms in total. The maximum Gasteiger partial charge on any atom is 0.255 e. The highest BCUT2D eigenvalue weighted by Gasteiger charge is 2.20. The Hall–Kier alpha value is -0.880. The van der Waals surface area contributed by atoms with E-state index < -0.39 is 0 Å². The van der Waals surface area contributed by atoms with Crippen LogP contribution in [0.2, 0.25) is 0 Å². The smallest absolute Gasteiger partial charge is 0.255 e. The topological polar surface area (TPSA) is 32.3 Å². The van der Waals surface area contributed by atoms with Gasteiger partial charge in [-0.25, -0.2) is 0 Å². The number of amides is 1. The summed E-state index contributed by atoms with van der Waals surface area (Å²) in [5, 5.41) is 3.10. The molecule has 1 aliphatic rings. The molecule has 0 saturated heterocycles. The SMILES string of the molecule is CN(Cc1cc(Br)cc(Br)c1NC(=O)c1ccccc1)C1CCCCC1.Cl. The van der Waals surface area contributed by atoms with Gasteiger partial charge >= 0.3 is 0 Å². The lowest BCUT2D eigenvalue weighted by molar-refractivity contribution is 0.102. The fourth-order valence-corrected chi connectivity index (χ4v) is 5.00. The van der Waals surface area contributed by atoms with Crippen LogP contribution in [0.15, 0.2) is 51.4 Å². The normalized spacial score (nSPS) is 14.7. The Morgan fingerprint density at radius 1 is 1.11 bits per heavy atom. The molecule has 1 aliphatic carbocycles. The Kier molecular flexibility index (Phi) is 8.80. The standard InChI is InChI=1S/C21H24Br2N2O.ClH/c1-25(18-10-6-3-7-11-18)14-16-12-17(22)13-19(23)20(16)24-21(26)15-8-4-2-5-9-15;/h2,4-5,8-9,12-13,18H,3,6-7,10-11,14H2,1H3,(H,24,26);1H. The van der Waals surface area contributed by atoms with Crippen molar-refractivity contribution in [2.24, 2.45) is 0 Å². The van der Waals surface area contributed by atoms with Crippen LogP contribution in [-0.4, -0.2) is 23.9 Å². The number of benzene rings is 2. The third-order valence-electron chi connectivity index (χ3n) is 5.03. The molecule has 3 rings (SSSR count). The Balaban J connectivity index is 0.00000261. The average Bonchev–Trinajstić information content (AvgIpc) is 2.65. The predicted molar refractivity (Wildman–Crippen MR) is 122 cm³/mol. The number of nitrogens with one attached hydrogen (secondary N) is 1. The van der Waals surface area contributed by atoms with Gasteiger partial charge in [0.25, 0.3) is 5.91 Å². The predicted octanol–water partition coefficient (Wildman–Crippen LogP) is 6.65. The number of carbonyl (C=O) groups excluding carboxylic acids is 1. The largest absolute Gasteiger partial charge is 0.321 e. The molecule has 146 valence electrons. The highest BCUT2D eigenvalue weighted by atomic mass is 79.9. The highest BCUT2D eigenvalue weighted by Crippen LogP contribution is 2.33. The molecule has 0 radical (unpaired) electrons. The lowest BCUT2D eigenvalue weighted by Crippen LogP contribution is -2.33. The van der Waals surface area contributed by atoms with Gasteiger partial charge in [-0.2, -0.15) is 0 Å². The molecule has 1 fully saturated rings. The summed E-state index contributed by atoms with van der Waals surface area (Å²) in [6.07, 6.45) is 6.50. The molecule has 2 aromatic rings. The molecule has 0 bridgehead atoms. The van der Waals surface area contributed by atoms with Crippen molar-refractivity contribution in [3.05, 3.63) is 62.5 Å². The van der Waals surface area contributed by atoms with Crippen molar-refractivity contribution in [3.63, 3.8) is 0 Å². The molecule has 2 aromatic carbocycles. The van der Waals surface area contributed by atoms with Crippen LogP contribution < -0.4 is 5.32 Å². The molecule has 0 aromatic heterocycles. The molecular weight excluding hydrogens is 492 g/mol. The van der Waals surface area contributed by atoms with E-state index in [9.17, 15) is 4.79 Å². The van der Waals surface area contributed by atoms with Gasteiger partial charge in [-0.05, 0) is 65.6 Å². The van der Waals surface area contributed by atoms with Gasteiger partial charge in [-0.1, -0.05) is 53.4 Å². The Morgan fingerprint density at radius 2 is 1.78 bits per heavy atom. The molecule has 27 heavy (non-hydrogen) atoms. The van der Waals surface area contributed by atoms with E-state index in [-0.39, 0.29) is 18.3 Å². The van der Waals surface area contributed by atoms with Crippen molar-refractivity contribution in [3.8, 4) is 0 Å². The number of halogens is 3. The van der Waals surface area contributed by atoms with Crippen LogP contribution in [0.25, 0.3) is 0 Å². The van der Waals surface area contributed by atoms with E-state index in [1.54, 1.807) is 0 Å². The van der Waals surface area contributed by atoms with Crippen molar-refractivity contribution in [2.45, 2.75) is 44.7 Å². The first-order chi connectivity index (χ1) is 12.5. The van der Waals surface area contributed by atoms with Crippen molar-refractivity contribution in [1.82, 2.24) is 4.90 Å². The molecular formula is C21H25Br2ClN2O. The van der Waals surface area contributed by atoms with Gasteiger partial charge in [0, 0.05) is 27.1 Å². The summed E-state index contributed by atoms with van der Waals surface area (Å²) in [5.74, 6) is -0.0878. The summed E-state index contributed by atoms with van der Waals surface area (Å²) in [6.45, 7) is 0.813. The number of hydrogen-bond donors (Lipinski definition) is 1. The van der Waals surface area contributed by atoms with E-state index in [0.717, 1.165) is 26.7 Å². The molecule has 0 unspecified atom stereocenters. The number of carbonyl (C=O) groups is 1. The van der Waals surface area contributed by atoms with Crippen LogP contribution in [0, 0.1) is 0 Å². The van der Waals surface area contributed by atoms with E-state index in [1.807, 2.05) is 36.4 Å². The van der Waals surface area contributed by atoms with Gasteiger partial charge in [0.2, 0.25) is 0 Å². The zero-order valence-corrected chi connectivity index (χ0v) is 19.4. The van der Waals surface area contributed by atoms with Crippen molar-refractivity contribution < 1.29 is 4.79 Å². The quantitative estimate of drug-likeness (QED) is 0.483. The molecule has 1 amide bonds. The van der Waals surface area contributed by atoms with Crippen LogP contribution in [0.5, 0.6) is 0 Å². The fraction of sp³-hybridized carbons (Fsp3) is 0.381. The number of anilines is 1. The molecule has 0 spiro atoms. The maximum atomic E-state index is 12.6. The summed E-state index contributed by atoms with van der Waals surface area (Å²) in [7, 11) is 2.19. The van der Waals surface area contributed by atoms with Crippen LogP contribution in [0.4, 0.5) is 5.69 Å². The number of hydrogen-bond acceptors (Lipinski definition) is 2. The second-order valence-electron chi connectivity index (χ2n) is 6.95. The van der Waals surface area contributed by atoms with Crippen LogP contribution in [-0.2, 0) is 6.54 Å². The van der Waals surface area contributed by atoms with E-state index >= 15 is 0 Å². The Morgan fingerprint density at radius 3 is 2.44 bits per heavy atom. The summed E-state index contributed by atoms with van der Waals surface area (Å²) in [4.78, 5) is 15.1. The van der Waals surface area contributed by atoms with Gasteiger partial charge in [0.15, 0.2) is 0 Å². The second-order valence-corrected chi connectivity index (χ2v) is 8.72. The van der Waals surface area contributed by atoms with Gasteiger partial charge in [-0.3, -0.25) is 9.69 Å². The minimum Gasteiger partial charge on any atom is -0.321 e. The zero-order chi connectivity index (χ0) is 18.5. The second kappa shape index (κ2) is 10.6. The van der Waals surface area contributed by atoms with Crippen LogP contribution in [0.1, 0.15) is 48.0 Å². The summed E-state index contributed by atoms with van der Waals surface area (Å²) in [5.41, 5.74) is 2.63. The van der Waals surface area contributed by atoms with Crippen molar-refractivity contribution >= 4 is 55.9 Å². The lowest BCUT2D eigenvalue weighted by Gasteiger charge is -2.32. The zero-order valence-electron chi connectivity index (χ0n) is 15.4. The molecule has 6 heteroatoms. The van der Waals surface area contributed by atoms with E-state index in [4.69, 9.17) is 0 Å². The molecule has 0 aliphatic heterocycles. The van der Waals surface area contributed by atoms with E-state index in [1.165, 1.54) is 32.1 Å². The van der Waals surface area contributed by atoms with Gasteiger partial charge in [0.1, 0.15) is 0 Å². The maximum absolute atomic E-state index is 12.6. The monoisotopic (exact) mass is 514 g/mol. The minimum absolute atomic E-state index is 0. The van der Waals surface area contributed by atoms with Gasteiger partial charge in [-0.15, -0.1) is 12.4 Å². The molecule has 1 saturated carbocycles. The highest BCUT2D eigenvalue weighted by molar-refractivity contribution is 9.11. The summed E-state index contributed by atoms with van der Waals surface area (Å²) < 4.78 is 1.90. The Labute approximate surface area is 184 Å². The first kappa shape index (κ1) is 22.4.